The summed E-state index contributed by atoms with van der Waals surface area (Å²) in [5, 5.41) is 12.7. The second-order valence-corrected chi connectivity index (χ2v) is 6.22. The maximum Gasteiger partial charge on any atom is 0.228 e. The van der Waals surface area contributed by atoms with Gasteiger partial charge in [-0.3, -0.25) is 4.79 Å². The maximum atomic E-state index is 12.9. The lowest BCUT2D eigenvalue weighted by molar-refractivity contribution is -0.146. The standard InChI is InChI=1S/C15H28N2O2/c1-2-5-15(6-8-16-9-7-15)14(19)17-10-3-4-13(11-17)12-18/h13,16,18H,2-12H2,1H3. The molecule has 1 unspecified atom stereocenters. The van der Waals surface area contributed by atoms with Crippen molar-refractivity contribution in [1.29, 1.82) is 0 Å². The second-order valence-electron chi connectivity index (χ2n) is 6.22. The Hall–Kier alpha value is -0.610. The molecule has 2 N–H and O–H groups in total. The first-order valence-electron chi connectivity index (χ1n) is 7.83. The summed E-state index contributed by atoms with van der Waals surface area (Å²) in [5.41, 5.74) is -0.128. The van der Waals surface area contributed by atoms with Gasteiger partial charge in [-0.15, -0.1) is 0 Å². The highest BCUT2D eigenvalue weighted by atomic mass is 16.3. The number of hydrogen-bond acceptors (Lipinski definition) is 3. The van der Waals surface area contributed by atoms with E-state index >= 15 is 0 Å². The van der Waals surface area contributed by atoms with Gasteiger partial charge in [0.25, 0.3) is 0 Å². The predicted octanol–water partition coefficient (Wildman–Crippen LogP) is 1.39. The third-order valence-electron chi connectivity index (χ3n) is 4.81. The summed E-state index contributed by atoms with van der Waals surface area (Å²) in [7, 11) is 0. The number of hydrogen-bond donors (Lipinski definition) is 2. The lowest BCUT2D eigenvalue weighted by Crippen LogP contribution is -2.52. The zero-order valence-corrected chi connectivity index (χ0v) is 12.2. The van der Waals surface area contributed by atoms with Crippen LogP contribution in [0.4, 0.5) is 0 Å². The molecule has 2 aliphatic rings. The number of aliphatic hydroxyl groups excluding tert-OH is 1. The normalized spacial score (nSPS) is 27.3. The second kappa shape index (κ2) is 6.71. The largest absolute Gasteiger partial charge is 0.396 e. The van der Waals surface area contributed by atoms with Crippen molar-refractivity contribution < 1.29 is 9.90 Å². The minimum atomic E-state index is -0.128. The highest BCUT2D eigenvalue weighted by molar-refractivity contribution is 5.83. The fourth-order valence-electron chi connectivity index (χ4n) is 3.69. The van der Waals surface area contributed by atoms with Crippen LogP contribution in [0.2, 0.25) is 0 Å². The Labute approximate surface area is 116 Å². The Morgan fingerprint density at radius 1 is 1.42 bits per heavy atom. The number of aliphatic hydroxyl groups is 1. The van der Waals surface area contributed by atoms with Gasteiger partial charge < -0.3 is 15.3 Å². The number of carbonyl (C=O) groups is 1. The molecule has 0 radical (unpaired) electrons. The van der Waals surface area contributed by atoms with Gasteiger partial charge in [0.05, 0.1) is 5.41 Å². The Morgan fingerprint density at radius 2 is 2.16 bits per heavy atom. The smallest absolute Gasteiger partial charge is 0.228 e. The SMILES string of the molecule is CCCC1(C(=O)N2CCCC(CO)C2)CCNCC1. The molecular weight excluding hydrogens is 240 g/mol. The van der Waals surface area contributed by atoms with Crippen LogP contribution in [0.5, 0.6) is 0 Å². The molecule has 4 nitrogen and oxygen atoms in total. The highest BCUT2D eigenvalue weighted by Gasteiger charge is 2.42. The first-order valence-corrected chi connectivity index (χ1v) is 7.83. The molecule has 0 aliphatic carbocycles. The maximum absolute atomic E-state index is 12.9. The van der Waals surface area contributed by atoms with E-state index in [1.807, 2.05) is 4.90 Å². The highest BCUT2D eigenvalue weighted by Crippen LogP contribution is 2.37. The summed E-state index contributed by atoms with van der Waals surface area (Å²) in [6.45, 7) is 5.95. The van der Waals surface area contributed by atoms with Crippen LogP contribution in [0.1, 0.15) is 45.4 Å². The Kier molecular flexibility index (Phi) is 5.22. The Morgan fingerprint density at radius 3 is 2.79 bits per heavy atom. The number of rotatable bonds is 4. The number of carbonyl (C=O) groups excluding carboxylic acids is 1. The minimum absolute atomic E-state index is 0.128. The third-order valence-corrected chi connectivity index (χ3v) is 4.81. The summed E-state index contributed by atoms with van der Waals surface area (Å²) in [5.74, 6) is 0.645. The molecule has 19 heavy (non-hydrogen) atoms. The van der Waals surface area contributed by atoms with Crippen molar-refractivity contribution in [2.24, 2.45) is 11.3 Å². The minimum Gasteiger partial charge on any atom is -0.396 e. The molecule has 0 spiro atoms. The predicted molar refractivity (Wildman–Crippen MR) is 75.8 cm³/mol. The summed E-state index contributed by atoms with van der Waals surface area (Å²) in [4.78, 5) is 15.0. The van der Waals surface area contributed by atoms with Gasteiger partial charge in [0, 0.05) is 19.7 Å². The first-order chi connectivity index (χ1) is 9.22. The molecule has 4 heteroatoms. The van der Waals surface area contributed by atoms with Gasteiger partial charge in [0.15, 0.2) is 0 Å². The van der Waals surface area contributed by atoms with Crippen LogP contribution in [-0.4, -0.2) is 48.7 Å². The molecule has 1 amide bonds. The van der Waals surface area contributed by atoms with Crippen molar-refractivity contribution in [3.63, 3.8) is 0 Å². The van der Waals surface area contributed by atoms with Crippen LogP contribution in [0, 0.1) is 11.3 Å². The monoisotopic (exact) mass is 268 g/mol. The third kappa shape index (κ3) is 3.29. The van der Waals surface area contributed by atoms with E-state index < -0.39 is 0 Å². The molecule has 2 fully saturated rings. The molecule has 0 aromatic carbocycles. The lowest BCUT2D eigenvalue weighted by atomic mass is 9.73. The summed E-state index contributed by atoms with van der Waals surface area (Å²) in [6.07, 6.45) is 6.12. The van der Waals surface area contributed by atoms with Crippen LogP contribution < -0.4 is 5.32 Å². The number of likely N-dealkylation sites (tertiary alicyclic amines) is 1. The quantitative estimate of drug-likeness (QED) is 0.810. The molecule has 0 bridgehead atoms. The van der Waals surface area contributed by atoms with Crippen molar-refractivity contribution >= 4 is 5.91 Å². The fraction of sp³-hybridized carbons (Fsp3) is 0.933. The van der Waals surface area contributed by atoms with E-state index in [1.54, 1.807) is 0 Å². The van der Waals surface area contributed by atoms with E-state index in [1.165, 1.54) is 0 Å². The van der Waals surface area contributed by atoms with Gasteiger partial charge in [0.2, 0.25) is 5.91 Å². The summed E-state index contributed by atoms with van der Waals surface area (Å²) in [6, 6.07) is 0. The van der Waals surface area contributed by atoms with Crippen molar-refractivity contribution in [3.8, 4) is 0 Å². The summed E-state index contributed by atoms with van der Waals surface area (Å²) < 4.78 is 0. The van der Waals surface area contributed by atoms with Crippen LogP contribution in [0.3, 0.4) is 0 Å². The van der Waals surface area contributed by atoms with E-state index in [-0.39, 0.29) is 17.9 Å². The van der Waals surface area contributed by atoms with Crippen LogP contribution in [-0.2, 0) is 4.79 Å². The van der Waals surface area contributed by atoms with Crippen molar-refractivity contribution in [2.45, 2.75) is 45.4 Å². The van der Waals surface area contributed by atoms with E-state index in [2.05, 4.69) is 12.2 Å². The van der Waals surface area contributed by atoms with Crippen molar-refractivity contribution in [3.05, 3.63) is 0 Å². The van der Waals surface area contributed by atoms with E-state index in [0.29, 0.717) is 5.91 Å². The van der Waals surface area contributed by atoms with Gasteiger partial charge in [-0.25, -0.2) is 0 Å². The van der Waals surface area contributed by atoms with Gasteiger partial charge in [-0.2, -0.15) is 0 Å². The molecular formula is C15H28N2O2. The topological polar surface area (TPSA) is 52.6 Å². The van der Waals surface area contributed by atoms with Gasteiger partial charge >= 0.3 is 0 Å². The van der Waals surface area contributed by atoms with Crippen LogP contribution in [0.25, 0.3) is 0 Å². The average molecular weight is 268 g/mol. The van der Waals surface area contributed by atoms with Gasteiger partial charge in [0.1, 0.15) is 0 Å². The number of amides is 1. The van der Waals surface area contributed by atoms with Crippen LogP contribution >= 0.6 is 0 Å². The zero-order chi connectivity index (χ0) is 13.7. The number of nitrogens with one attached hydrogen (secondary N) is 1. The van der Waals surface area contributed by atoms with Crippen molar-refractivity contribution in [2.75, 3.05) is 32.8 Å². The molecule has 0 aromatic rings. The van der Waals surface area contributed by atoms with Crippen LogP contribution in [0.15, 0.2) is 0 Å². The molecule has 0 saturated carbocycles. The first kappa shape index (κ1) is 14.8. The average Bonchev–Trinajstić information content (AvgIpc) is 2.48. The fourth-order valence-corrected chi connectivity index (χ4v) is 3.69. The number of piperidine rings is 2. The van der Waals surface area contributed by atoms with Gasteiger partial charge in [-0.1, -0.05) is 13.3 Å². The van der Waals surface area contributed by atoms with Crippen molar-refractivity contribution in [1.82, 2.24) is 10.2 Å². The van der Waals surface area contributed by atoms with E-state index in [9.17, 15) is 9.90 Å². The summed E-state index contributed by atoms with van der Waals surface area (Å²) >= 11 is 0. The number of nitrogens with zero attached hydrogens (tertiary/aromatic N) is 1. The molecule has 2 aliphatic heterocycles. The van der Waals surface area contributed by atoms with E-state index in [4.69, 9.17) is 0 Å². The Bertz CT molecular complexity index is 295. The zero-order valence-electron chi connectivity index (χ0n) is 12.2. The molecule has 1 atom stereocenters. The van der Waals surface area contributed by atoms with Gasteiger partial charge in [-0.05, 0) is 51.1 Å². The molecule has 2 rings (SSSR count). The molecule has 2 heterocycles. The lowest BCUT2D eigenvalue weighted by Gasteiger charge is -2.42. The molecule has 0 aromatic heterocycles. The Balaban J connectivity index is 2.05. The van der Waals surface area contributed by atoms with E-state index in [0.717, 1.165) is 64.7 Å². The molecule has 2 saturated heterocycles. The molecule has 110 valence electrons.